The van der Waals surface area contributed by atoms with Crippen LogP contribution in [-0.4, -0.2) is 122 Å². The van der Waals surface area contributed by atoms with Gasteiger partial charge in [0, 0.05) is 51.4 Å². The molecule has 0 aromatic carbocycles. The van der Waals surface area contributed by atoms with Gasteiger partial charge in [0.2, 0.25) is 12.6 Å². The predicted molar refractivity (Wildman–Crippen MR) is 219 cm³/mol. The molecule has 2 fully saturated rings. The van der Waals surface area contributed by atoms with Gasteiger partial charge in [0.1, 0.15) is 25.4 Å². The summed E-state index contributed by atoms with van der Waals surface area (Å²) in [6, 6.07) is 0. The van der Waals surface area contributed by atoms with E-state index in [2.05, 4.69) is 0 Å². The van der Waals surface area contributed by atoms with Crippen LogP contribution in [-0.2, 0) is 90.5 Å². The topological polar surface area (TPSA) is 238 Å². The Morgan fingerprint density at radius 2 is 0.540 bits per heavy atom. The molecular weight excluding hydrogens is 832 g/mol. The van der Waals surface area contributed by atoms with Crippen molar-refractivity contribution < 1.29 is 90.5 Å². The third-order valence-electron chi connectivity index (χ3n) is 9.51. The van der Waals surface area contributed by atoms with Crippen molar-refractivity contribution in [3.63, 3.8) is 0 Å². The molecule has 10 atom stereocenters. The summed E-state index contributed by atoms with van der Waals surface area (Å²) in [7, 11) is 0. The molecule has 2 rings (SSSR count). The molecule has 0 spiro atoms. The van der Waals surface area contributed by atoms with Crippen LogP contribution in [0.1, 0.15) is 158 Å². The van der Waals surface area contributed by atoms with Gasteiger partial charge in [-0.05, 0) is 51.4 Å². The lowest BCUT2D eigenvalue weighted by Crippen LogP contribution is -2.67. The lowest BCUT2D eigenvalue weighted by atomic mass is 9.96. The SMILES string of the molecule is CCCC(=O)OC[C@H]1O[C@H](O[C@H]2O[C@H](COC(=O)CCC)[C@@H](OC(=O)CCC)[C@H](OC(=O)CCC)[C@H]2OC(=O)CCC)[C@H](OC(=O)CCC)[C@@H](OC(=O)CCC)[C@@H]1OC(=O)CCC. The smallest absolute Gasteiger partial charge is 0.306 e. The van der Waals surface area contributed by atoms with Gasteiger partial charge in [0.15, 0.2) is 36.6 Å². The van der Waals surface area contributed by atoms with E-state index in [1.165, 1.54) is 0 Å². The monoisotopic (exact) mass is 902 g/mol. The number of carbonyl (C=O) groups is 8. The van der Waals surface area contributed by atoms with Crippen molar-refractivity contribution in [1.82, 2.24) is 0 Å². The molecule has 19 nitrogen and oxygen atoms in total. The highest BCUT2D eigenvalue weighted by Crippen LogP contribution is 2.36. The number of rotatable bonds is 28. The molecule has 2 heterocycles. The summed E-state index contributed by atoms with van der Waals surface area (Å²) in [5.41, 5.74) is 0. The minimum Gasteiger partial charge on any atom is -0.463 e. The summed E-state index contributed by atoms with van der Waals surface area (Å²) in [4.78, 5) is 105. The molecule has 2 aliphatic heterocycles. The zero-order valence-electron chi connectivity index (χ0n) is 38.3. The van der Waals surface area contributed by atoms with E-state index in [1.54, 1.807) is 55.4 Å². The van der Waals surface area contributed by atoms with Crippen LogP contribution in [0.15, 0.2) is 0 Å². The fraction of sp³-hybridized carbons (Fsp3) is 0.818. The molecule has 0 bridgehead atoms. The molecular formula is C44H70O19. The third-order valence-corrected chi connectivity index (χ3v) is 9.51. The van der Waals surface area contributed by atoms with Gasteiger partial charge in [-0.15, -0.1) is 0 Å². The molecule has 0 amide bonds. The first-order valence-corrected chi connectivity index (χ1v) is 22.6. The molecule has 63 heavy (non-hydrogen) atoms. The van der Waals surface area contributed by atoms with Crippen LogP contribution in [0.2, 0.25) is 0 Å². The Bertz CT molecular complexity index is 1360. The van der Waals surface area contributed by atoms with E-state index in [1.807, 2.05) is 0 Å². The maximum absolute atomic E-state index is 13.4. The molecule has 0 aliphatic carbocycles. The Hall–Kier alpha value is -4.36. The summed E-state index contributed by atoms with van der Waals surface area (Å²) in [5, 5.41) is 0. The van der Waals surface area contributed by atoms with Gasteiger partial charge >= 0.3 is 47.8 Å². The normalized spacial score (nSPS) is 25.5. The van der Waals surface area contributed by atoms with Crippen molar-refractivity contribution in [1.29, 1.82) is 0 Å². The number of esters is 8. The van der Waals surface area contributed by atoms with Crippen LogP contribution in [0.5, 0.6) is 0 Å². The van der Waals surface area contributed by atoms with E-state index < -0.39 is 122 Å². The minimum absolute atomic E-state index is 0.0339. The predicted octanol–water partition coefficient (Wildman–Crippen LogP) is 5.41. The maximum Gasteiger partial charge on any atom is 0.306 e. The molecule has 0 radical (unpaired) electrons. The first-order valence-electron chi connectivity index (χ1n) is 22.6. The number of carbonyl (C=O) groups excluding carboxylic acids is 8. The van der Waals surface area contributed by atoms with Gasteiger partial charge in [-0.3, -0.25) is 38.4 Å². The first kappa shape index (κ1) is 54.8. The van der Waals surface area contributed by atoms with Gasteiger partial charge in [0.25, 0.3) is 0 Å². The molecule has 19 heteroatoms. The summed E-state index contributed by atoms with van der Waals surface area (Å²) in [5.74, 6) is -5.75. The molecule has 0 unspecified atom stereocenters. The Morgan fingerprint density at radius 3 is 0.794 bits per heavy atom. The molecule has 0 N–H and O–H groups in total. The second-order valence-corrected chi connectivity index (χ2v) is 15.3. The lowest BCUT2D eigenvalue weighted by molar-refractivity contribution is -0.378. The zero-order valence-corrected chi connectivity index (χ0v) is 38.3. The number of hydrogen-bond donors (Lipinski definition) is 0. The van der Waals surface area contributed by atoms with Gasteiger partial charge in [0.05, 0.1) is 0 Å². The van der Waals surface area contributed by atoms with Crippen LogP contribution in [0.4, 0.5) is 0 Å². The Labute approximate surface area is 370 Å². The first-order chi connectivity index (χ1) is 30.2. The second kappa shape index (κ2) is 29.9. The van der Waals surface area contributed by atoms with Crippen LogP contribution < -0.4 is 0 Å². The van der Waals surface area contributed by atoms with E-state index in [0.29, 0.717) is 51.4 Å². The summed E-state index contributed by atoms with van der Waals surface area (Å²) >= 11 is 0. The summed E-state index contributed by atoms with van der Waals surface area (Å²) in [6.07, 6.45) is -13.6. The third kappa shape index (κ3) is 18.7. The van der Waals surface area contributed by atoms with E-state index >= 15 is 0 Å². The fourth-order valence-electron chi connectivity index (χ4n) is 6.57. The fourth-order valence-corrected chi connectivity index (χ4v) is 6.57. The van der Waals surface area contributed by atoms with Crippen molar-refractivity contribution in [2.45, 2.75) is 220 Å². The maximum atomic E-state index is 13.4. The van der Waals surface area contributed by atoms with Crippen molar-refractivity contribution in [3.8, 4) is 0 Å². The Kier molecular flexibility index (Phi) is 26.0. The Balaban J connectivity index is 2.92. The standard InChI is InChI=1S/C44H70O19/c1-9-17-29(45)53-25-27-37(57-31(47)19-11-3)39(59-33(49)21-13-5)41(61-35(51)23-15-7)43(55-27)63-44-42(62-36(52)24-16-8)40(60-34(50)22-14-6)38(58-32(48)20-12-4)28(56-44)26-54-30(46)18-10-2/h27-28,37-44H,9-26H2,1-8H3/t27-,28-,37-,38-,39+,40+,41-,42-,43-,44-/m1/s1. The van der Waals surface area contributed by atoms with Gasteiger partial charge in [-0.1, -0.05) is 55.4 Å². The van der Waals surface area contributed by atoms with Crippen LogP contribution >= 0.6 is 0 Å². The van der Waals surface area contributed by atoms with E-state index in [-0.39, 0.29) is 51.4 Å². The number of hydrogen-bond acceptors (Lipinski definition) is 19. The number of ether oxygens (including phenoxy) is 11. The van der Waals surface area contributed by atoms with Crippen molar-refractivity contribution in [3.05, 3.63) is 0 Å². The second-order valence-electron chi connectivity index (χ2n) is 15.3. The van der Waals surface area contributed by atoms with Crippen LogP contribution in [0.3, 0.4) is 0 Å². The minimum atomic E-state index is -1.84. The average molecular weight is 903 g/mol. The molecule has 0 saturated carbocycles. The van der Waals surface area contributed by atoms with Crippen LogP contribution in [0, 0.1) is 0 Å². The van der Waals surface area contributed by atoms with Crippen molar-refractivity contribution >= 4 is 47.8 Å². The molecule has 360 valence electrons. The van der Waals surface area contributed by atoms with E-state index in [4.69, 9.17) is 52.1 Å². The molecule has 0 aromatic rings. The summed E-state index contributed by atoms with van der Waals surface area (Å²) in [6.45, 7) is 12.8. The van der Waals surface area contributed by atoms with Crippen LogP contribution in [0.25, 0.3) is 0 Å². The highest BCUT2D eigenvalue weighted by molar-refractivity contribution is 5.73. The molecule has 2 aliphatic rings. The van der Waals surface area contributed by atoms with E-state index in [9.17, 15) is 38.4 Å². The largest absolute Gasteiger partial charge is 0.463 e. The van der Waals surface area contributed by atoms with Gasteiger partial charge < -0.3 is 52.1 Å². The summed E-state index contributed by atoms with van der Waals surface area (Å²) < 4.78 is 65.7. The highest BCUT2D eigenvalue weighted by atomic mass is 16.8. The average Bonchev–Trinajstić information content (AvgIpc) is 3.21. The van der Waals surface area contributed by atoms with Crippen molar-refractivity contribution in [2.24, 2.45) is 0 Å². The van der Waals surface area contributed by atoms with Gasteiger partial charge in [-0.25, -0.2) is 0 Å². The van der Waals surface area contributed by atoms with Crippen molar-refractivity contribution in [2.75, 3.05) is 13.2 Å². The molecule has 2 saturated heterocycles. The quantitative estimate of drug-likeness (QED) is 0.0704. The zero-order chi connectivity index (χ0) is 46.9. The highest BCUT2D eigenvalue weighted by Gasteiger charge is 2.58. The molecule has 0 aromatic heterocycles. The lowest BCUT2D eigenvalue weighted by Gasteiger charge is -2.48. The van der Waals surface area contributed by atoms with Gasteiger partial charge in [-0.2, -0.15) is 0 Å². The van der Waals surface area contributed by atoms with E-state index in [0.717, 1.165) is 0 Å². The Morgan fingerprint density at radius 1 is 0.317 bits per heavy atom.